The van der Waals surface area contributed by atoms with Gasteiger partial charge in [0, 0.05) is 27.1 Å². The van der Waals surface area contributed by atoms with Crippen molar-refractivity contribution in [1.29, 1.82) is 0 Å². The number of benzene rings is 1. The lowest BCUT2D eigenvalue weighted by atomic mass is 10.0. The summed E-state index contributed by atoms with van der Waals surface area (Å²) in [6, 6.07) is 8.60. The lowest BCUT2D eigenvalue weighted by Gasteiger charge is -2.27. The summed E-state index contributed by atoms with van der Waals surface area (Å²) < 4.78 is 15.5. The van der Waals surface area contributed by atoms with Gasteiger partial charge in [-0.1, -0.05) is 68.9 Å². The maximum atomic E-state index is 13.4. The summed E-state index contributed by atoms with van der Waals surface area (Å²) in [5, 5.41) is 8.79. The predicted octanol–water partition coefficient (Wildman–Crippen LogP) is 3.72. The molecular weight excluding hydrogens is 518 g/mol. The van der Waals surface area contributed by atoms with E-state index in [4.69, 9.17) is 19.3 Å². The third kappa shape index (κ3) is 11.0. The molecule has 220 valence electrons. The van der Waals surface area contributed by atoms with Crippen molar-refractivity contribution in [2.75, 3.05) is 20.3 Å². The highest BCUT2D eigenvalue weighted by Gasteiger charge is 2.45. The van der Waals surface area contributed by atoms with E-state index in [0.29, 0.717) is 12.8 Å². The zero-order chi connectivity index (χ0) is 29.3. The molecule has 1 aromatic carbocycles. The first-order valence-electron chi connectivity index (χ1n) is 13.9. The van der Waals surface area contributed by atoms with Crippen molar-refractivity contribution in [3.8, 4) is 0 Å². The fourth-order valence-electron chi connectivity index (χ4n) is 4.53. The summed E-state index contributed by atoms with van der Waals surface area (Å²) in [5.41, 5.74) is 0.879. The van der Waals surface area contributed by atoms with Gasteiger partial charge in [-0.05, 0) is 37.0 Å². The maximum absolute atomic E-state index is 13.4. The summed E-state index contributed by atoms with van der Waals surface area (Å²) in [5.74, 6) is -2.77. The Morgan fingerprint density at radius 3 is 2.20 bits per heavy atom. The molecule has 2 rings (SSSR count). The van der Waals surface area contributed by atoms with Crippen LogP contribution in [-0.2, 0) is 39.8 Å². The van der Waals surface area contributed by atoms with Gasteiger partial charge in [0.05, 0.1) is 6.04 Å². The first kappa shape index (κ1) is 32.8. The number of methoxy groups -OCH3 is 1. The van der Waals surface area contributed by atoms with E-state index >= 15 is 0 Å². The number of allylic oxidation sites excluding steroid dienone is 1. The van der Waals surface area contributed by atoms with Crippen LogP contribution in [0.3, 0.4) is 0 Å². The van der Waals surface area contributed by atoms with Crippen LogP contribution < -0.4 is 0 Å². The number of aliphatic hydroxyl groups excluding tert-OH is 1. The van der Waals surface area contributed by atoms with Crippen LogP contribution in [0.4, 0.5) is 4.79 Å². The van der Waals surface area contributed by atoms with Gasteiger partial charge in [-0.3, -0.25) is 19.2 Å². The van der Waals surface area contributed by atoms with Crippen LogP contribution in [0.5, 0.6) is 0 Å². The number of amides is 2. The third-order valence-electron chi connectivity index (χ3n) is 6.62. The molecule has 3 atom stereocenters. The van der Waals surface area contributed by atoms with E-state index in [0.717, 1.165) is 74.5 Å². The average Bonchev–Trinajstić information content (AvgIpc) is 3.30. The molecule has 0 aromatic heterocycles. The molecule has 3 unspecified atom stereocenters. The number of cyclic esters (lactones) is 1. The first-order chi connectivity index (χ1) is 19.3. The van der Waals surface area contributed by atoms with E-state index < -0.39 is 42.0 Å². The van der Waals surface area contributed by atoms with Crippen LogP contribution in [0.2, 0.25) is 0 Å². The SMILES string of the molecule is COC(C(=O)N1C(=O)OCC1Cc1ccccc1)C(OC(C)=O)C(=O)C=CC(=O)CCCCCCCCCCO. The highest BCUT2D eigenvalue weighted by Crippen LogP contribution is 2.21. The Bertz CT molecular complexity index is 1010. The number of unbranched alkanes of at least 4 members (excludes halogenated alkanes) is 7. The van der Waals surface area contributed by atoms with Crippen LogP contribution in [0.15, 0.2) is 42.5 Å². The number of ketones is 2. The molecule has 1 fully saturated rings. The summed E-state index contributed by atoms with van der Waals surface area (Å²) in [6.45, 7) is 1.28. The number of hydrogen-bond donors (Lipinski definition) is 1. The zero-order valence-electron chi connectivity index (χ0n) is 23.4. The fraction of sp³-hybridized carbons (Fsp3) is 0.567. The number of aliphatic hydroxyl groups is 1. The molecule has 0 aliphatic carbocycles. The zero-order valence-corrected chi connectivity index (χ0v) is 23.4. The molecule has 0 bridgehead atoms. The Hall–Kier alpha value is -3.37. The minimum atomic E-state index is -1.68. The molecule has 10 heteroatoms. The molecule has 2 amide bonds. The van der Waals surface area contributed by atoms with Crippen LogP contribution >= 0.6 is 0 Å². The van der Waals surface area contributed by atoms with Crippen molar-refractivity contribution in [3.63, 3.8) is 0 Å². The molecule has 0 saturated carbocycles. The Kier molecular flexibility index (Phi) is 14.8. The van der Waals surface area contributed by atoms with E-state index in [1.807, 2.05) is 30.3 Å². The van der Waals surface area contributed by atoms with Gasteiger partial charge in [0.1, 0.15) is 6.61 Å². The van der Waals surface area contributed by atoms with Crippen molar-refractivity contribution in [3.05, 3.63) is 48.0 Å². The van der Waals surface area contributed by atoms with Crippen LogP contribution in [0.25, 0.3) is 0 Å². The maximum Gasteiger partial charge on any atom is 0.417 e. The molecule has 0 radical (unpaired) electrons. The van der Waals surface area contributed by atoms with Gasteiger partial charge in [0.2, 0.25) is 0 Å². The molecule has 40 heavy (non-hydrogen) atoms. The third-order valence-corrected chi connectivity index (χ3v) is 6.62. The molecule has 1 heterocycles. The van der Waals surface area contributed by atoms with Gasteiger partial charge in [-0.15, -0.1) is 0 Å². The normalized spacial score (nSPS) is 16.5. The standard InChI is InChI=1S/C30H41NO9/c1-22(33)40-27(26(35)18-17-25(34)16-12-7-5-3-4-6-8-13-19-32)28(38-2)29(36)31-24(21-39-30(31)37)20-23-14-10-9-11-15-23/h9-11,14-15,17-18,24,27-28,32H,3-8,12-13,16,19-21H2,1-2H3. The van der Waals surface area contributed by atoms with Gasteiger partial charge in [-0.2, -0.15) is 0 Å². The molecular formula is C30H41NO9. The van der Waals surface area contributed by atoms with Crippen molar-refractivity contribution in [2.45, 2.75) is 89.4 Å². The molecule has 1 N–H and O–H groups in total. The van der Waals surface area contributed by atoms with Crippen molar-refractivity contribution in [2.24, 2.45) is 0 Å². The minimum Gasteiger partial charge on any atom is -0.451 e. The Morgan fingerprint density at radius 1 is 0.975 bits per heavy atom. The number of imide groups is 1. The number of ether oxygens (including phenoxy) is 3. The van der Waals surface area contributed by atoms with Crippen molar-refractivity contribution >= 4 is 29.5 Å². The molecule has 10 nitrogen and oxygen atoms in total. The van der Waals surface area contributed by atoms with E-state index in [1.165, 1.54) is 7.11 Å². The summed E-state index contributed by atoms with van der Waals surface area (Å²) in [4.78, 5) is 63.8. The highest BCUT2D eigenvalue weighted by molar-refractivity contribution is 6.05. The smallest absolute Gasteiger partial charge is 0.417 e. The predicted molar refractivity (Wildman–Crippen MR) is 146 cm³/mol. The number of nitrogens with zero attached hydrogens (tertiary/aromatic N) is 1. The van der Waals surface area contributed by atoms with Gasteiger partial charge in [0.25, 0.3) is 5.91 Å². The number of rotatable bonds is 19. The first-order valence-corrected chi connectivity index (χ1v) is 13.9. The second-order valence-electron chi connectivity index (χ2n) is 9.82. The van der Waals surface area contributed by atoms with Crippen molar-refractivity contribution < 1.29 is 43.3 Å². The lowest BCUT2D eigenvalue weighted by Crippen LogP contribution is -2.53. The van der Waals surface area contributed by atoms with E-state index in [9.17, 15) is 24.0 Å². The Morgan fingerprint density at radius 2 is 1.60 bits per heavy atom. The van der Waals surface area contributed by atoms with E-state index in [-0.39, 0.29) is 25.4 Å². The number of carbonyl (C=O) groups is 5. The molecule has 1 aromatic rings. The molecule has 1 aliphatic rings. The fourth-order valence-corrected chi connectivity index (χ4v) is 4.53. The second-order valence-corrected chi connectivity index (χ2v) is 9.82. The Labute approximate surface area is 235 Å². The number of carbonyl (C=O) groups excluding carboxylic acids is 5. The average molecular weight is 560 g/mol. The molecule has 1 saturated heterocycles. The van der Waals surface area contributed by atoms with Gasteiger partial charge >= 0.3 is 12.1 Å². The highest BCUT2D eigenvalue weighted by atomic mass is 16.6. The second kappa shape index (κ2) is 18.1. The Balaban J connectivity index is 1.97. The van der Waals surface area contributed by atoms with Crippen molar-refractivity contribution in [1.82, 2.24) is 4.90 Å². The number of hydrogen-bond acceptors (Lipinski definition) is 9. The summed E-state index contributed by atoms with van der Waals surface area (Å²) in [6.07, 6.45) is 6.21. The molecule has 0 spiro atoms. The van der Waals surface area contributed by atoms with Crippen LogP contribution in [0.1, 0.15) is 70.3 Å². The van der Waals surface area contributed by atoms with Crippen LogP contribution in [0, 0.1) is 0 Å². The molecule has 1 aliphatic heterocycles. The van der Waals surface area contributed by atoms with E-state index in [2.05, 4.69) is 0 Å². The van der Waals surface area contributed by atoms with E-state index in [1.54, 1.807) is 0 Å². The lowest BCUT2D eigenvalue weighted by molar-refractivity contribution is -0.166. The summed E-state index contributed by atoms with van der Waals surface area (Å²) >= 11 is 0. The largest absolute Gasteiger partial charge is 0.451 e. The van der Waals surface area contributed by atoms with Crippen LogP contribution in [-0.4, -0.2) is 78.1 Å². The topological polar surface area (TPSA) is 137 Å². The summed E-state index contributed by atoms with van der Waals surface area (Å²) in [7, 11) is 1.17. The minimum absolute atomic E-state index is 0.0276. The van der Waals surface area contributed by atoms with Gasteiger partial charge in [0.15, 0.2) is 23.8 Å². The van der Waals surface area contributed by atoms with Gasteiger partial charge < -0.3 is 19.3 Å². The number of esters is 1. The quantitative estimate of drug-likeness (QED) is 0.153. The monoisotopic (exact) mass is 559 g/mol. The van der Waals surface area contributed by atoms with Gasteiger partial charge in [-0.25, -0.2) is 9.69 Å².